The Bertz CT molecular complexity index is 1380. The Labute approximate surface area is 163 Å². The summed E-state index contributed by atoms with van der Waals surface area (Å²) in [6.45, 7) is 0. The SMILES string of the molecule is O=C(O)c1ccc(-c2c(F)cnc3[nH]c4cnc(-c5cccnc5)cc4c23)cc1. The minimum absolute atomic E-state index is 0.140. The highest BCUT2D eigenvalue weighted by atomic mass is 19.1. The first kappa shape index (κ1) is 17.0. The molecule has 5 aromatic rings. The lowest BCUT2D eigenvalue weighted by Crippen LogP contribution is -1.96. The van der Waals surface area contributed by atoms with Crippen LogP contribution in [0.4, 0.5) is 4.39 Å². The number of fused-ring (bicyclic) bond motifs is 3. The quantitative estimate of drug-likeness (QED) is 0.471. The molecule has 0 saturated carbocycles. The van der Waals surface area contributed by atoms with Gasteiger partial charge in [-0.3, -0.25) is 9.97 Å². The summed E-state index contributed by atoms with van der Waals surface area (Å²) in [4.78, 5) is 27.1. The number of aromatic nitrogens is 4. The fraction of sp³-hybridized carbons (Fsp3) is 0. The Balaban J connectivity index is 1.79. The van der Waals surface area contributed by atoms with Gasteiger partial charge >= 0.3 is 5.97 Å². The van der Waals surface area contributed by atoms with Crippen LogP contribution in [0.25, 0.3) is 44.3 Å². The number of carboxylic acids is 1. The summed E-state index contributed by atoms with van der Waals surface area (Å²) >= 11 is 0. The van der Waals surface area contributed by atoms with Gasteiger partial charge in [0.15, 0.2) is 0 Å². The summed E-state index contributed by atoms with van der Waals surface area (Å²) in [5.74, 6) is -1.52. The first-order chi connectivity index (χ1) is 14.1. The molecule has 4 heterocycles. The van der Waals surface area contributed by atoms with Crippen LogP contribution in [0.3, 0.4) is 0 Å². The van der Waals surface area contributed by atoms with Gasteiger partial charge in [0.1, 0.15) is 11.5 Å². The summed E-state index contributed by atoms with van der Waals surface area (Å²) in [5, 5.41) is 10.5. The molecule has 0 amide bonds. The average molecular weight is 384 g/mol. The monoisotopic (exact) mass is 384 g/mol. The Morgan fingerprint density at radius 1 is 1.00 bits per heavy atom. The van der Waals surface area contributed by atoms with Crippen molar-refractivity contribution >= 4 is 27.9 Å². The molecule has 0 bridgehead atoms. The zero-order chi connectivity index (χ0) is 20.0. The largest absolute Gasteiger partial charge is 0.478 e. The second-order valence-electron chi connectivity index (χ2n) is 6.57. The summed E-state index contributed by atoms with van der Waals surface area (Å²) in [7, 11) is 0. The predicted octanol–water partition coefficient (Wildman–Crippen LogP) is 4.68. The molecule has 2 N–H and O–H groups in total. The summed E-state index contributed by atoms with van der Waals surface area (Å²) in [6.07, 6.45) is 6.25. The van der Waals surface area contributed by atoms with E-state index in [0.29, 0.717) is 27.9 Å². The molecule has 1 aromatic carbocycles. The molecule has 0 atom stereocenters. The number of pyridine rings is 3. The number of hydrogen-bond donors (Lipinski definition) is 2. The minimum atomic E-state index is -1.03. The zero-order valence-electron chi connectivity index (χ0n) is 14.9. The van der Waals surface area contributed by atoms with Crippen LogP contribution in [0.1, 0.15) is 10.4 Å². The highest BCUT2D eigenvalue weighted by Crippen LogP contribution is 2.36. The maximum Gasteiger partial charge on any atom is 0.335 e. The second-order valence-corrected chi connectivity index (χ2v) is 6.57. The van der Waals surface area contributed by atoms with Gasteiger partial charge in [-0.1, -0.05) is 12.1 Å². The van der Waals surface area contributed by atoms with Gasteiger partial charge in [0, 0.05) is 34.3 Å². The Morgan fingerprint density at radius 3 is 2.55 bits per heavy atom. The predicted molar refractivity (Wildman–Crippen MR) is 107 cm³/mol. The maximum atomic E-state index is 14.9. The first-order valence-corrected chi connectivity index (χ1v) is 8.82. The number of nitrogens with one attached hydrogen (secondary N) is 1. The van der Waals surface area contributed by atoms with E-state index in [0.717, 1.165) is 22.7 Å². The van der Waals surface area contributed by atoms with Crippen molar-refractivity contribution in [1.29, 1.82) is 0 Å². The van der Waals surface area contributed by atoms with Gasteiger partial charge in [-0.2, -0.15) is 0 Å². The van der Waals surface area contributed by atoms with E-state index in [9.17, 15) is 9.18 Å². The topological polar surface area (TPSA) is 91.8 Å². The number of hydrogen-bond acceptors (Lipinski definition) is 4. The van der Waals surface area contributed by atoms with Crippen LogP contribution < -0.4 is 0 Å². The highest BCUT2D eigenvalue weighted by Gasteiger charge is 2.17. The summed E-state index contributed by atoms with van der Waals surface area (Å²) in [5.41, 5.74) is 3.89. The molecule has 0 fully saturated rings. The third-order valence-electron chi connectivity index (χ3n) is 4.84. The van der Waals surface area contributed by atoms with Gasteiger partial charge in [-0.05, 0) is 35.9 Å². The van der Waals surface area contributed by atoms with Crippen molar-refractivity contribution in [2.24, 2.45) is 0 Å². The molecular formula is C22H13FN4O2. The van der Waals surface area contributed by atoms with Gasteiger partial charge in [0.25, 0.3) is 0 Å². The molecule has 5 rings (SSSR count). The molecule has 0 aliphatic rings. The molecule has 0 aliphatic carbocycles. The van der Waals surface area contributed by atoms with Gasteiger partial charge in [0.05, 0.1) is 29.2 Å². The number of H-pyrrole nitrogens is 1. The van der Waals surface area contributed by atoms with Crippen molar-refractivity contribution in [3.8, 4) is 22.4 Å². The lowest BCUT2D eigenvalue weighted by molar-refractivity contribution is 0.0697. The Kier molecular flexibility index (Phi) is 3.80. The molecule has 0 spiro atoms. The molecule has 6 nitrogen and oxygen atoms in total. The van der Waals surface area contributed by atoms with E-state index in [2.05, 4.69) is 19.9 Å². The number of aromatic amines is 1. The maximum absolute atomic E-state index is 14.9. The van der Waals surface area contributed by atoms with Crippen molar-refractivity contribution in [3.05, 3.63) is 78.6 Å². The van der Waals surface area contributed by atoms with Crippen molar-refractivity contribution in [2.75, 3.05) is 0 Å². The van der Waals surface area contributed by atoms with Crippen LogP contribution >= 0.6 is 0 Å². The number of carbonyl (C=O) groups is 1. The Hall–Kier alpha value is -4.13. The summed E-state index contributed by atoms with van der Waals surface area (Å²) < 4.78 is 14.9. The van der Waals surface area contributed by atoms with Crippen LogP contribution in [-0.2, 0) is 0 Å². The van der Waals surface area contributed by atoms with E-state index < -0.39 is 11.8 Å². The smallest absolute Gasteiger partial charge is 0.335 e. The van der Waals surface area contributed by atoms with E-state index in [4.69, 9.17) is 5.11 Å². The lowest BCUT2D eigenvalue weighted by atomic mass is 9.99. The summed E-state index contributed by atoms with van der Waals surface area (Å²) in [6, 6.07) is 11.7. The molecule has 140 valence electrons. The van der Waals surface area contributed by atoms with Crippen LogP contribution in [-0.4, -0.2) is 31.0 Å². The van der Waals surface area contributed by atoms with Crippen molar-refractivity contribution in [2.45, 2.75) is 0 Å². The van der Waals surface area contributed by atoms with Crippen LogP contribution in [0.5, 0.6) is 0 Å². The van der Waals surface area contributed by atoms with E-state index in [1.54, 1.807) is 30.7 Å². The molecule has 0 unspecified atom stereocenters. The van der Waals surface area contributed by atoms with Gasteiger partial charge < -0.3 is 10.1 Å². The fourth-order valence-electron chi connectivity index (χ4n) is 3.47. The lowest BCUT2D eigenvalue weighted by Gasteiger charge is -2.07. The number of nitrogens with zero attached hydrogens (tertiary/aromatic N) is 3. The van der Waals surface area contributed by atoms with Crippen molar-refractivity contribution < 1.29 is 14.3 Å². The molecule has 0 aliphatic heterocycles. The number of rotatable bonds is 3. The van der Waals surface area contributed by atoms with E-state index >= 15 is 0 Å². The molecular weight excluding hydrogens is 371 g/mol. The number of carboxylic acid groups (broad SMARTS) is 1. The average Bonchev–Trinajstić information content (AvgIpc) is 3.12. The third-order valence-corrected chi connectivity index (χ3v) is 4.84. The molecule has 0 radical (unpaired) electrons. The van der Waals surface area contributed by atoms with E-state index in [-0.39, 0.29) is 5.56 Å². The zero-order valence-corrected chi connectivity index (χ0v) is 14.9. The van der Waals surface area contributed by atoms with E-state index in [1.165, 1.54) is 12.1 Å². The minimum Gasteiger partial charge on any atom is -0.478 e. The van der Waals surface area contributed by atoms with Gasteiger partial charge in [-0.15, -0.1) is 0 Å². The number of benzene rings is 1. The van der Waals surface area contributed by atoms with Crippen LogP contribution in [0, 0.1) is 5.82 Å². The van der Waals surface area contributed by atoms with E-state index in [1.807, 2.05) is 18.2 Å². The Morgan fingerprint density at radius 2 is 1.83 bits per heavy atom. The number of aromatic carboxylic acids is 1. The number of halogens is 1. The molecule has 0 saturated heterocycles. The standard InChI is InChI=1S/C22H13FN4O2/c23-16-10-26-21-20(19(16)12-3-5-13(6-4-12)22(28)29)15-8-17(25-11-18(15)27-21)14-2-1-7-24-9-14/h1-11H,(H,26,27)(H,28,29). The second kappa shape index (κ2) is 6.49. The van der Waals surface area contributed by atoms with Crippen molar-refractivity contribution in [1.82, 2.24) is 19.9 Å². The molecule has 7 heteroatoms. The van der Waals surface area contributed by atoms with Gasteiger partial charge in [-0.25, -0.2) is 14.2 Å². The van der Waals surface area contributed by atoms with Crippen LogP contribution in [0.15, 0.2) is 67.3 Å². The fourth-order valence-corrected chi connectivity index (χ4v) is 3.47. The molecule has 4 aromatic heterocycles. The van der Waals surface area contributed by atoms with Crippen molar-refractivity contribution in [3.63, 3.8) is 0 Å². The highest BCUT2D eigenvalue weighted by molar-refractivity contribution is 6.13. The molecule has 29 heavy (non-hydrogen) atoms. The third kappa shape index (κ3) is 2.80. The first-order valence-electron chi connectivity index (χ1n) is 8.82. The normalized spacial score (nSPS) is 11.2. The van der Waals surface area contributed by atoms with Crippen LogP contribution in [0.2, 0.25) is 0 Å². The van der Waals surface area contributed by atoms with Gasteiger partial charge in [0.2, 0.25) is 0 Å².